The fraction of sp³-hybridized carbons (Fsp3) is 0.250. The van der Waals surface area contributed by atoms with E-state index < -0.39 is 11.9 Å². The molecule has 2 N–H and O–H groups in total. The van der Waals surface area contributed by atoms with Gasteiger partial charge in [0.25, 0.3) is 5.97 Å². The van der Waals surface area contributed by atoms with E-state index in [0.717, 1.165) is 6.92 Å². The number of hydrogen-bond donors (Lipinski definition) is 2. The molecular formula is C4H7CoNiO4-. The van der Waals surface area contributed by atoms with Crippen molar-refractivity contribution in [3.05, 3.63) is 6.92 Å². The van der Waals surface area contributed by atoms with Gasteiger partial charge in [0.05, 0.1) is 0 Å². The third kappa shape index (κ3) is 10000. The molecule has 4 nitrogen and oxygen atoms in total. The third-order valence-electron chi connectivity index (χ3n) is 0. The summed E-state index contributed by atoms with van der Waals surface area (Å²) in [5.41, 5.74) is 0. The van der Waals surface area contributed by atoms with Crippen LogP contribution in [-0.4, -0.2) is 22.2 Å². The standard InChI is InChI=1S/C2H4O2.C2H3O2.Co.Ni/c2*1-2(3)4;;/h1H3,(H,3,4);1H2,(H,3,4);;/q;-1;;. The maximum Gasteiger partial charge on any atom is 0.300 e. The van der Waals surface area contributed by atoms with Gasteiger partial charge < -0.3 is 10.2 Å². The smallest absolute Gasteiger partial charge is 0.300 e. The normalized spacial score (nSPS) is 4.90. The molecule has 0 bridgehead atoms. The van der Waals surface area contributed by atoms with Crippen molar-refractivity contribution in [3.63, 3.8) is 0 Å². The molecule has 67 valence electrons. The van der Waals surface area contributed by atoms with E-state index in [1.165, 1.54) is 0 Å². The Bertz CT molecular complexity index is 75.3. The first-order valence-electron chi connectivity index (χ1n) is 1.71. The third-order valence-corrected chi connectivity index (χ3v) is 0. The minimum atomic E-state index is -1.08. The van der Waals surface area contributed by atoms with Crippen molar-refractivity contribution >= 4 is 11.9 Å². The van der Waals surface area contributed by atoms with Crippen LogP contribution in [0.4, 0.5) is 0 Å². The largest absolute Gasteiger partial charge is 0.503 e. The molecule has 10 heavy (non-hydrogen) atoms. The minimum absolute atomic E-state index is 0. The van der Waals surface area contributed by atoms with E-state index in [2.05, 4.69) is 6.92 Å². The molecule has 0 aliphatic carbocycles. The number of carbonyl (C=O) groups is 2. The summed E-state index contributed by atoms with van der Waals surface area (Å²) in [6, 6.07) is 0. The van der Waals surface area contributed by atoms with Crippen LogP contribution < -0.4 is 0 Å². The molecule has 6 heteroatoms. The second-order valence-corrected chi connectivity index (χ2v) is 0.913. The number of hydrogen-bond acceptors (Lipinski definition) is 2. The Hall–Kier alpha value is -0.190. The molecule has 0 atom stereocenters. The second kappa shape index (κ2) is 15.9. The van der Waals surface area contributed by atoms with Gasteiger partial charge in [0.15, 0.2) is 5.97 Å². The minimum Gasteiger partial charge on any atom is -0.503 e. The zero-order chi connectivity index (χ0) is 7.15. The van der Waals surface area contributed by atoms with Gasteiger partial charge in [-0.2, -0.15) is 0 Å². The first kappa shape index (κ1) is 22.6. The molecule has 0 spiro atoms. The van der Waals surface area contributed by atoms with Crippen LogP contribution in [-0.2, 0) is 42.9 Å². The summed E-state index contributed by atoms with van der Waals surface area (Å²) >= 11 is 0. The molecule has 0 aromatic heterocycles. The van der Waals surface area contributed by atoms with E-state index >= 15 is 0 Å². The number of aliphatic carboxylic acids is 2. The summed E-state index contributed by atoms with van der Waals surface area (Å²) in [7, 11) is 0. The first-order chi connectivity index (χ1) is 3.46. The van der Waals surface area contributed by atoms with Crippen LogP contribution in [0.1, 0.15) is 6.92 Å². The van der Waals surface area contributed by atoms with Crippen molar-refractivity contribution in [2.45, 2.75) is 6.92 Å². The summed E-state index contributed by atoms with van der Waals surface area (Å²) in [4.78, 5) is 17.9. The Kier molecular flexibility index (Phi) is 35.9. The van der Waals surface area contributed by atoms with E-state index in [1.54, 1.807) is 0 Å². The molecule has 0 heterocycles. The summed E-state index contributed by atoms with van der Waals surface area (Å²) in [6.07, 6.45) is 0. The Morgan fingerprint density at radius 2 is 1.30 bits per heavy atom. The molecule has 0 saturated carbocycles. The topological polar surface area (TPSA) is 74.6 Å². The quantitative estimate of drug-likeness (QED) is 0.458. The van der Waals surface area contributed by atoms with Gasteiger partial charge in [-0.05, 0) is 0 Å². The van der Waals surface area contributed by atoms with Crippen molar-refractivity contribution in [2.24, 2.45) is 0 Å². The van der Waals surface area contributed by atoms with Gasteiger partial charge in [-0.3, -0.25) is 16.5 Å². The molecule has 0 aromatic rings. The number of carboxylic acid groups (broad SMARTS) is 2. The zero-order valence-electron chi connectivity index (χ0n) is 5.07. The van der Waals surface area contributed by atoms with E-state index in [4.69, 9.17) is 19.8 Å². The van der Waals surface area contributed by atoms with Crippen LogP contribution in [0.5, 0.6) is 0 Å². The Morgan fingerprint density at radius 3 is 1.30 bits per heavy atom. The predicted molar refractivity (Wildman–Crippen MR) is 26.3 cm³/mol. The monoisotopic (exact) mass is 236 g/mol. The Morgan fingerprint density at radius 1 is 1.30 bits per heavy atom. The van der Waals surface area contributed by atoms with Crippen molar-refractivity contribution in [1.29, 1.82) is 0 Å². The maximum atomic E-state index is 9.00. The van der Waals surface area contributed by atoms with Crippen molar-refractivity contribution in [3.8, 4) is 0 Å². The van der Waals surface area contributed by atoms with E-state index in [0.29, 0.717) is 0 Å². The molecule has 0 fully saturated rings. The van der Waals surface area contributed by atoms with Gasteiger partial charge in [-0.25, -0.2) is 0 Å². The van der Waals surface area contributed by atoms with Gasteiger partial charge >= 0.3 is 0 Å². The molecule has 0 aliphatic rings. The van der Waals surface area contributed by atoms with Gasteiger partial charge in [-0.1, -0.05) is 0 Å². The summed E-state index contributed by atoms with van der Waals surface area (Å²) in [5, 5.41) is 14.7. The molecule has 1 radical (unpaired) electrons. The van der Waals surface area contributed by atoms with Crippen LogP contribution in [0.3, 0.4) is 0 Å². The van der Waals surface area contributed by atoms with Crippen LogP contribution in [0, 0.1) is 6.92 Å². The van der Waals surface area contributed by atoms with Crippen LogP contribution in [0.2, 0.25) is 0 Å². The van der Waals surface area contributed by atoms with Crippen molar-refractivity contribution in [2.75, 3.05) is 0 Å². The fourth-order valence-corrected chi connectivity index (χ4v) is 0. The second-order valence-electron chi connectivity index (χ2n) is 0.913. The van der Waals surface area contributed by atoms with Crippen LogP contribution in [0.25, 0.3) is 0 Å². The molecule has 0 saturated heterocycles. The zero-order valence-corrected chi connectivity index (χ0v) is 7.10. The fourth-order valence-electron chi connectivity index (χ4n) is 0. The van der Waals surface area contributed by atoms with Gasteiger partial charge in [0, 0.05) is 40.2 Å². The maximum absolute atomic E-state index is 9.00. The number of carboxylic acids is 2. The van der Waals surface area contributed by atoms with Crippen molar-refractivity contribution in [1.82, 2.24) is 0 Å². The average Bonchev–Trinajstić information content (AvgIpc) is 1.25. The Balaban J connectivity index is -0.0000000300. The van der Waals surface area contributed by atoms with Crippen LogP contribution >= 0.6 is 0 Å². The molecule has 0 amide bonds. The summed E-state index contributed by atoms with van der Waals surface area (Å²) in [5.74, 6) is -1.92. The van der Waals surface area contributed by atoms with E-state index in [1.807, 2.05) is 0 Å². The molecule has 0 aliphatic heterocycles. The van der Waals surface area contributed by atoms with Crippen molar-refractivity contribution < 1.29 is 53.1 Å². The number of rotatable bonds is 0. The predicted octanol–water partition coefficient (Wildman–Crippen LogP) is -0.00901. The molecule has 0 unspecified atom stereocenters. The van der Waals surface area contributed by atoms with Gasteiger partial charge in [-0.15, -0.1) is 0 Å². The molecule has 0 rings (SSSR count). The van der Waals surface area contributed by atoms with E-state index in [-0.39, 0.29) is 33.3 Å². The Labute approximate surface area is 79.1 Å². The SMILES string of the molecule is CC(=O)O.[CH2-]C(=O)O.[Co].[Ni]. The summed E-state index contributed by atoms with van der Waals surface area (Å²) in [6.45, 7) is 3.64. The summed E-state index contributed by atoms with van der Waals surface area (Å²) < 4.78 is 0. The van der Waals surface area contributed by atoms with E-state index in [9.17, 15) is 0 Å². The molecule has 0 aromatic carbocycles. The van der Waals surface area contributed by atoms with Gasteiger partial charge in [0.1, 0.15) is 0 Å². The molecular weight excluding hydrogens is 230 g/mol. The van der Waals surface area contributed by atoms with Gasteiger partial charge in [0.2, 0.25) is 0 Å². The average molecular weight is 237 g/mol. The van der Waals surface area contributed by atoms with Crippen LogP contribution in [0.15, 0.2) is 0 Å². The first-order valence-corrected chi connectivity index (χ1v) is 1.71.